The highest BCUT2D eigenvalue weighted by Crippen LogP contribution is 2.19. The van der Waals surface area contributed by atoms with Crippen LogP contribution in [0.5, 0.6) is 0 Å². The molecule has 0 aliphatic rings. The number of H-pyrrole nitrogens is 1. The van der Waals surface area contributed by atoms with Crippen LogP contribution in [0.3, 0.4) is 0 Å². The molecule has 1 aromatic carbocycles. The number of para-hydroxylation sites is 1. The van der Waals surface area contributed by atoms with Gasteiger partial charge < -0.3 is 41.8 Å². The van der Waals surface area contributed by atoms with Crippen molar-refractivity contribution in [2.75, 3.05) is 0 Å². The van der Waals surface area contributed by atoms with E-state index in [2.05, 4.69) is 26.3 Å². The number of carbonyl (C=O) groups is 7. The van der Waals surface area contributed by atoms with E-state index >= 15 is 0 Å². The fourth-order valence-electron chi connectivity index (χ4n) is 4.61. The fourth-order valence-corrected chi connectivity index (χ4v) is 4.61. The lowest BCUT2D eigenvalue weighted by molar-refractivity contribution is -0.156. The second-order valence-electron chi connectivity index (χ2n) is 12.7. The number of hydrazine groups is 1. The van der Waals surface area contributed by atoms with Crippen molar-refractivity contribution in [3.63, 3.8) is 0 Å². The Hall–Kier alpha value is -5.03. The molecule has 5 atom stereocenters. The zero-order chi connectivity index (χ0) is 36.3. The second kappa shape index (κ2) is 17.2. The summed E-state index contributed by atoms with van der Waals surface area (Å²) in [4.78, 5) is 92.1. The number of carbonyl (C=O) groups excluding carboxylic acids is 6. The van der Waals surface area contributed by atoms with Crippen LogP contribution < -0.4 is 38.3 Å². The van der Waals surface area contributed by atoms with Crippen LogP contribution >= 0.6 is 0 Å². The van der Waals surface area contributed by atoms with Gasteiger partial charge in [-0.1, -0.05) is 32.0 Å². The molecule has 1 heterocycles. The van der Waals surface area contributed by atoms with Gasteiger partial charge in [0.05, 0.1) is 18.9 Å². The molecule has 17 nitrogen and oxygen atoms in total. The Bertz CT molecular complexity index is 1500. The van der Waals surface area contributed by atoms with Crippen LogP contribution in [0.1, 0.15) is 59.9 Å². The van der Waals surface area contributed by atoms with Gasteiger partial charge in [-0.15, -0.1) is 0 Å². The third kappa shape index (κ3) is 12.0. The highest BCUT2D eigenvalue weighted by Gasteiger charge is 2.35. The molecule has 11 N–H and O–H groups in total. The maximum atomic E-state index is 13.5. The van der Waals surface area contributed by atoms with Crippen molar-refractivity contribution in [2.45, 2.75) is 96.6 Å². The zero-order valence-corrected chi connectivity index (χ0v) is 27.8. The molecule has 0 fully saturated rings. The van der Waals surface area contributed by atoms with Gasteiger partial charge in [-0.2, -0.15) is 0 Å². The van der Waals surface area contributed by atoms with Crippen LogP contribution in [0.4, 0.5) is 0 Å². The molecule has 1 aromatic heterocycles. The number of nitrogens with two attached hydrogens (primary N) is 2. The molecule has 0 aliphatic carbocycles. The van der Waals surface area contributed by atoms with Crippen molar-refractivity contribution in [1.29, 1.82) is 0 Å². The van der Waals surface area contributed by atoms with Crippen LogP contribution in [0.25, 0.3) is 10.9 Å². The first-order valence-electron chi connectivity index (χ1n) is 15.3. The molecule has 0 saturated heterocycles. The minimum atomic E-state index is -1.74. The number of aromatic amines is 1. The third-order valence-electron chi connectivity index (χ3n) is 7.03. The molecular weight excluding hydrogens is 628 g/mol. The molecule has 5 amide bonds. The quantitative estimate of drug-likeness (QED) is 0.0444. The van der Waals surface area contributed by atoms with Crippen LogP contribution in [0.15, 0.2) is 30.5 Å². The molecule has 0 unspecified atom stereocenters. The largest absolute Gasteiger partial charge is 0.481 e. The minimum absolute atomic E-state index is 0.0743. The third-order valence-corrected chi connectivity index (χ3v) is 7.03. The molecule has 0 saturated carbocycles. The van der Waals surface area contributed by atoms with E-state index in [-0.39, 0.29) is 6.42 Å². The van der Waals surface area contributed by atoms with E-state index in [0.29, 0.717) is 0 Å². The van der Waals surface area contributed by atoms with Gasteiger partial charge >= 0.3 is 11.9 Å². The van der Waals surface area contributed by atoms with E-state index in [4.69, 9.17) is 16.3 Å². The lowest BCUT2D eigenvalue weighted by Gasteiger charge is -2.27. The number of ether oxygens (including phenoxy) is 1. The van der Waals surface area contributed by atoms with E-state index in [1.165, 1.54) is 6.92 Å². The average molecular weight is 675 g/mol. The molecule has 264 valence electrons. The highest BCUT2D eigenvalue weighted by atomic mass is 16.6. The Labute approximate surface area is 277 Å². The van der Waals surface area contributed by atoms with Crippen molar-refractivity contribution < 1.29 is 43.4 Å². The minimum Gasteiger partial charge on any atom is -0.481 e. The van der Waals surface area contributed by atoms with Crippen molar-refractivity contribution in [3.8, 4) is 0 Å². The number of hydrogen-bond acceptors (Lipinski definition) is 10. The molecule has 0 radical (unpaired) electrons. The van der Waals surface area contributed by atoms with Gasteiger partial charge in [-0.25, -0.2) is 5.84 Å². The summed E-state index contributed by atoms with van der Waals surface area (Å²) in [5.74, 6) is -2.16. The first-order valence-corrected chi connectivity index (χ1v) is 15.3. The fraction of sp³-hybridized carbons (Fsp3) is 0.516. The van der Waals surface area contributed by atoms with Crippen LogP contribution in [0.2, 0.25) is 0 Å². The van der Waals surface area contributed by atoms with Crippen LogP contribution in [-0.4, -0.2) is 87.4 Å². The van der Waals surface area contributed by atoms with Gasteiger partial charge in [0.15, 0.2) is 0 Å². The predicted octanol–water partition coefficient (Wildman–Crippen LogP) is -1.15. The van der Waals surface area contributed by atoms with Gasteiger partial charge in [0.1, 0.15) is 29.8 Å². The Balaban J connectivity index is 2.27. The van der Waals surface area contributed by atoms with E-state index in [9.17, 15) is 38.7 Å². The van der Waals surface area contributed by atoms with Gasteiger partial charge in [0.25, 0.3) is 5.91 Å². The number of carboxylic acid groups (broad SMARTS) is 1. The van der Waals surface area contributed by atoms with E-state index in [0.717, 1.165) is 16.5 Å². The lowest BCUT2D eigenvalue weighted by Crippen LogP contribution is -2.60. The molecule has 17 heteroatoms. The normalized spacial score (nSPS) is 14.5. The summed E-state index contributed by atoms with van der Waals surface area (Å²) in [6.07, 6.45) is 0.193. The van der Waals surface area contributed by atoms with Crippen LogP contribution in [0, 0.1) is 5.92 Å². The Morgan fingerprint density at radius 3 is 2.00 bits per heavy atom. The molecule has 2 rings (SSSR count). The first-order chi connectivity index (χ1) is 22.3. The maximum Gasteiger partial charge on any atom is 0.308 e. The second-order valence-corrected chi connectivity index (χ2v) is 12.7. The molecule has 48 heavy (non-hydrogen) atoms. The van der Waals surface area contributed by atoms with Crippen molar-refractivity contribution in [3.05, 3.63) is 36.0 Å². The Kier molecular flexibility index (Phi) is 14.0. The topological polar surface area (TPSA) is 277 Å². The van der Waals surface area contributed by atoms with Crippen molar-refractivity contribution in [1.82, 2.24) is 31.7 Å². The molecule has 2 aromatic rings. The van der Waals surface area contributed by atoms with E-state index in [1.54, 1.807) is 40.8 Å². The smallest absolute Gasteiger partial charge is 0.308 e. The number of hydrogen-bond donors (Lipinski definition) is 9. The van der Waals surface area contributed by atoms with Gasteiger partial charge in [0, 0.05) is 17.1 Å². The predicted molar refractivity (Wildman–Crippen MR) is 173 cm³/mol. The number of carboxylic acids is 1. The first kappa shape index (κ1) is 39.1. The number of benzene rings is 1. The summed E-state index contributed by atoms with van der Waals surface area (Å²) in [5.41, 5.74) is 8.71. The summed E-state index contributed by atoms with van der Waals surface area (Å²) < 4.78 is 5.31. The number of fused-ring (bicyclic) bond motifs is 1. The summed E-state index contributed by atoms with van der Waals surface area (Å²) >= 11 is 0. The van der Waals surface area contributed by atoms with Gasteiger partial charge in [0.2, 0.25) is 23.6 Å². The summed E-state index contributed by atoms with van der Waals surface area (Å²) in [6.45, 7) is 9.36. The van der Waals surface area contributed by atoms with E-state index in [1.807, 2.05) is 29.7 Å². The molecular formula is C31H46N8O9. The number of amides is 5. The van der Waals surface area contributed by atoms with Crippen molar-refractivity contribution in [2.24, 2.45) is 17.5 Å². The van der Waals surface area contributed by atoms with E-state index < -0.39 is 96.0 Å². The van der Waals surface area contributed by atoms with Gasteiger partial charge in [-0.05, 0) is 51.7 Å². The Morgan fingerprint density at radius 2 is 1.42 bits per heavy atom. The van der Waals surface area contributed by atoms with Crippen molar-refractivity contribution >= 4 is 52.4 Å². The van der Waals surface area contributed by atoms with Crippen LogP contribution in [-0.2, 0) is 44.7 Å². The number of rotatable bonds is 16. The lowest BCUT2D eigenvalue weighted by atomic mass is 10.0. The molecule has 0 bridgehead atoms. The summed E-state index contributed by atoms with van der Waals surface area (Å²) in [7, 11) is 0. The molecule has 0 aliphatic heterocycles. The number of aliphatic carboxylic acids is 1. The maximum absolute atomic E-state index is 13.5. The zero-order valence-electron chi connectivity index (χ0n) is 27.8. The summed E-state index contributed by atoms with van der Waals surface area (Å²) in [5, 5.41) is 19.8. The number of esters is 1. The Morgan fingerprint density at radius 1 is 0.833 bits per heavy atom. The highest BCUT2D eigenvalue weighted by molar-refractivity contribution is 5.98. The summed E-state index contributed by atoms with van der Waals surface area (Å²) in [6, 6.07) is 0.534. The number of nitrogens with one attached hydrogen (secondary N) is 6. The standard InChI is InChI=1S/C31H46N8O9/c1-15(2)25(30(47)35-16(3)26(43)39-33)38-29(46)21(12-23(40)41)37-28(45)22(13-24(42)48-31(4,5)6)36-27(44)19(32)11-17-14-34-20-10-8-7-9-18(17)20/h7-10,14-16,19,21-22,25,34H,11-13,32-33H2,1-6H3,(H,35,47)(H,36,44)(H,37,45)(H,38,46)(H,39,43)(H,40,41)/t16-,19+,21-,22+,25+/m0/s1. The SMILES string of the molecule is CC(C)[C@@H](NC(=O)[C@H](CC(=O)O)NC(=O)[C@@H](CC(=O)OC(C)(C)C)NC(=O)[C@H](N)Cc1c[nH]c2ccccc12)C(=O)N[C@@H](C)C(=O)NN. The monoisotopic (exact) mass is 674 g/mol. The molecule has 0 spiro atoms. The average Bonchev–Trinajstić information content (AvgIpc) is 3.39. The van der Waals surface area contributed by atoms with Gasteiger partial charge in [-0.3, -0.25) is 39.0 Å². The number of aromatic nitrogens is 1.